The van der Waals surface area contributed by atoms with Crippen LogP contribution in [0, 0.1) is 5.92 Å². The number of hydrogen-bond acceptors (Lipinski definition) is 4. The second kappa shape index (κ2) is 7.67. The summed E-state index contributed by atoms with van der Waals surface area (Å²) in [6.45, 7) is 8.18. The molecule has 128 valence electrons. The zero-order valence-electron chi connectivity index (χ0n) is 14.0. The number of nitrogens with one attached hydrogen (secondary N) is 1. The number of ether oxygens (including phenoxy) is 1. The number of likely N-dealkylation sites (tertiary alicyclic amines) is 1. The predicted molar refractivity (Wildman–Crippen MR) is 83.3 cm³/mol. The highest BCUT2D eigenvalue weighted by Gasteiger charge is 2.31. The summed E-state index contributed by atoms with van der Waals surface area (Å²) < 4.78 is 5.24. The van der Waals surface area contributed by atoms with Gasteiger partial charge in [-0.05, 0) is 46.0 Å². The molecule has 1 aliphatic heterocycles. The number of carbonyl (C=O) groups excluding carboxylic acids is 2. The molecule has 0 radical (unpaired) electrons. The van der Waals surface area contributed by atoms with Crippen molar-refractivity contribution >= 4 is 12.1 Å². The maximum absolute atomic E-state index is 11.9. The molecule has 3 amide bonds. The van der Waals surface area contributed by atoms with Crippen molar-refractivity contribution in [2.24, 2.45) is 11.7 Å². The molecule has 7 nitrogen and oxygen atoms in total. The number of urea groups is 1. The van der Waals surface area contributed by atoms with Gasteiger partial charge in [-0.3, -0.25) is 0 Å². The van der Waals surface area contributed by atoms with Crippen molar-refractivity contribution in [3.8, 4) is 0 Å². The van der Waals surface area contributed by atoms with E-state index in [1.54, 1.807) is 20.8 Å². The number of carbonyl (C=O) groups is 2. The fourth-order valence-corrected chi connectivity index (χ4v) is 2.68. The quantitative estimate of drug-likeness (QED) is 0.730. The van der Waals surface area contributed by atoms with E-state index >= 15 is 0 Å². The molecule has 3 unspecified atom stereocenters. The van der Waals surface area contributed by atoms with E-state index in [2.05, 4.69) is 5.32 Å². The monoisotopic (exact) mass is 315 g/mol. The van der Waals surface area contributed by atoms with Crippen LogP contribution in [0.5, 0.6) is 0 Å². The molecule has 4 N–H and O–H groups in total. The minimum absolute atomic E-state index is 0.108. The van der Waals surface area contributed by atoms with E-state index in [1.165, 1.54) is 4.90 Å². The fraction of sp³-hybridized carbons (Fsp3) is 0.867. The lowest BCUT2D eigenvalue weighted by molar-refractivity contribution is 0.0443. The van der Waals surface area contributed by atoms with Gasteiger partial charge in [-0.2, -0.15) is 0 Å². The Kier molecular flexibility index (Phi) is 6.47. The summed E-state index contributed by atoms with van der Waals surface area (Å²) in [5, 5.41) is 12.6. The van der Waals surface area contributed by atoms with Crippen LogP contribution in [-0.4, -0.2) is 53.0 Å². The summed E-state index contributed by atoms with van der Waals surface area (Å²) in [6, 6.07) is -0.725. The largest absolute Gasteiger partial charge is 0.444 e. The van der Waals surface area contributed by atoms with Crippen molar-refractivity contribution < 1.29 is 19.4 Å². The molecule has 1 aliphatic rings. The van der Waals surface area contributed by atoms with Gasteiger partial charge in [-0.1, -0.05) is 6.92 Å². The second-order valence-corrected chi connectivity index (χ2v) is 6.99. The number of alkyl carbamates (subject to hydrolysis) is 1. The normalized spacial score (nSPS) is 23.8. The van der Waals surface area contributed by atoms with Gasteiger partial charge in [-0.25, -0.2) is 9.59 Å². The number of nitrogens with two attached hydrogens (primary N) is 1. The molecule has 7 heteroatoms. The van der Waals surface area contributed by atoms with Crippen LogP contribution >= 0.6 is 0 Å². The molecule has 0 aromatic heterocycles. The Bertz CT molecular complexity index is 395. The van der Waals surface area contributed by atoms with Gasteiger partial charge >= 0.3 is 12.1 Å². The van der Waals surface area contributed by atoms with Crippen molar-refractivity contribution in [3.05, 3.63) is 0 Å². The molecule has 1 rings (SSSR count). The lowest BCUT2D eigenvalue weighted by Gasteiger charge is -2.38. The minimum Gasteiger partial charge on any atom is -0.444 e. The molecule has 1 fully saturated rings. The van der Waals surface area contributed by atoms with Crippen LogP contribution in [-0.2, 0) is 4.74 Å². The van der Waals surface area contributed by atoms with Crippen LogP contribution in [0.25, 0.3) is 0 Å². The third-order valence-corrected chi connectivity index (χ3v) is 3.65. The number of nitrogens with zero attached hydrogens (tertiary/aromatic N) is 1. The highest BCUT2D eigenvalue weighted by Crippen LogP contribution is 2.22. The Balaban J connectivity index is 2.64. The van der Waals surface area contributed by atoms with E-state index < -0.39 is 23.8 Å². The van der Waals surface area contributed by atoms with Gasteiger partial charge in [0.25, 0.3) is 0 Å². The van der Waals surface area contributed by atoms with Gasteiger partial charge in [0.1, 0.15) is 5.60 Å². The predicted octanol–water partition coefficient (Wildman–Crippen LogP) is 1.44. The first-order valence-electron chi connectivity index (χ1n) is 7.82. The van der Waals surface area contributed by atoms with Gasteiger partial charge in [-0.15, -0.1) is 0 Å². The summed E-state index contributed by atoms with van der Waals surface area (Å²) >= 11 is 0. The van der Waals surface area contributed by atoms with Gasteiger partial charge < -0.3 is 25.8 Å². The van der Waals surface area contributed by atoms with Crippen molar-refractivity contribution in [3.63, 3.8) is 0 Å². The van der Waals surface area contributed by atoms with E-state index in [1.807, 2.05) is 6.92 Å². The van der Waals surface area contributed by atoms with Crippen LogP contribution in [0.2, 0.25) is 0 Å². The smallest absolute Gasteiger partial charge is 0.407 e. The standard InChI is InChI=1S/C15H29N3O4/c1-5-12(19)7-10-6-11(9-18(8-10)13(16)20)17-14(21)22-15(2,3)4/h10-12,19H,5-9H2,1-4H3,(H2,16,20)(H,17,21). The first-order valence-corrected chi connectivity index (χ1v) is 7.82. The molecular formula is C15H29N3O4. The summed E-state index contributed by atoms with van der Waals surface area (Å²) in [5.74, 6) is 0.108. The summed E-state index contributed by atoms with van der Waals surface area (Å²) in [5.41, 5.74) is 4.80. The Morgan fingerprint density at radius 2 is 2.05 bits per heavy atom. The number of rotatable bonds is 4. The molecule has 1 saturated heterocycles. The Morgan fingerprint density at radius 1 is 1.41 bits per heavy atom. The second-order valence-electron chi connectivity index (χ2n) is 6.99. The van der Waals surface area contributed by atoms with Crippen LogP contribution < -0.4 is 11.1 Å². The number of aliphatic hydroxyl groups is 1. The SMILES string of the molecule is CCC(O)CC1CC(NC(=O)OC(C)(C)C)CN(C(N)=O)C1. The summed E-state index contributed by atoms with van der Waals surface area (Å²) in [7, 11) is 0. The number of hydrogen-bond donors (Lipinski definition) is 3. The van der Waals surface area contributed by atoms with E-state index in [-0.39, 0.29) is 12.0 Å². The zero-order chi connectivity index (χ0) is 16.9. The topological polar surface area (TPSA) is 105 Å². The number of primary amides is 1. The summed E-state index contributed by atoms with van der Waals surface area (Å²) in [4.78, 5) is 24.8. The first-order chi connectivity index (χ1) is 10.1. The zero-order valence-corrected chi connectivity index (χ0v) is 14.0. The molecule has 0 bridgehead atoms. The minimum atomic E-state index is -0.570. The molecule has 0 aliphatic carbocycles. The van der Waals surface area contributed by atoms with Crippen LogP contribution in [0.3, 0.4) is 0 Å². The van der Waals surface area contributed by atoms with Gasteiger partial charge in [0.15, 0.2) is 0 Å². The Morgan fingerprint density at radius 3 is 2.55 bits per heavy atom. The Hall–Kier alpha value is -1.50. The number of piperidine rings is 1. The lowest BCUT2D eigenvalue weighted by Crippen LogP contribution is -2.54. The van der Waals surface area contributed by atoms with Crippen molar-refractivity contribution in [1.82, 2.24) is 10.2 Å². The van der Waals surface area contributed by atoms with Gasteiger partial charge in [0.05, 0.1) is 12.1 Å². The van der Waals surface area contributed by atoms with Crippen molar-refractivity contribution in [2.75, 3.05) is 13.1 Å². The maximum Gasteiger partial charge on any atom is 0.407 e. The summed E-state index contributed by atoms with van der Waals surface area (Å²) in [6.07, 6.45) is 1.04. The van der Waals surface area contributed by atoms with Crippen LogP contribution in [0.4, 0.5) is 9.59 Å². The average Bonchev–Trinajstić information content (AvgIpc) is 2.35. The molecule has 3 atom stereocenters. The highest BCUT2D eigenvalue weighted by molar-refractivity contribution is 5.72. The van der Waals surface area contributed by atoms with Crippen LogP contribution in [0.15, 0.2) is 0 Å². The van der Waals surface area contributed by atoms with E-state index in [9.17, 15) is 14.7 Å². The van der Waals surface area contributed by atoms with E-state index in [0.29, 0.717) is 32.4 Å². The lowest BCUT2D eigenvalue weighted by atomic mass is 9.89. The fourth-order valence-electron chi connectivity index (χ4n) is 2.68. The van der Waals surface area contributed by atoms with Gasteiger partial charge in [0.2, 0.25) is 0 Å². The molecule has 0 aromatic carbocycles. The molecule has 1 heterocycles. The van der Waals surface area contributed by atoms with Crippen LogP contribution in [0.1, 0.15) is 47.0 Å². The third kappa shape index (κ3) is 6.51. The Labute approximate surface area is 132 Å². The average molecular weight is 315 g/mol. The first kappa shape index (κ1) is 18.5. The van der Waals surface area contributed by atoms with Crippen molar-refractivity contribution in [1.29, 1.82) is 0 Å². The highest BCUT2D eigenvalue weighted by atomic mass is 16.6. The van der Waals surface area contributed by atoms with E-state index in [4.69, 9.17) is 10.5 Å². The molecule has 0 aromatic rings. The molecule has 0 saturated carbocycles. The van der Waals surface area contributed by atoms with Gasteiger partial charge in [0, 0.05) is 13.1 Å². The molecule has 0 spiro atoms. The van der Waals surface area contributed by atoms with Crippen molar-refractivity contribution in [2.45, 2.75) is 64.7 Å². The number of amides is 3. The van der Waals surface area contributed by atoms with E-state index in [0.717, 1.165) is 0 Å². The third-order valence-electron chi connectivity index (χ3n) is 3.65. The molecular weight excluding hydrogens is 286 g/mol. The maximum atomic E-state index is 11.9. The number of aliphatic hydroxyl groups excluding tert-OH is 1. The molecule has 22 heavy (non-hydrogen) atoms.